The van der Waals surface area contributed by atoms with Crippen LogP contribution < -0.4 is 5.32 Å². The summed E-state index contributed by atoms with van der Waals surface area (Å²) in [4.78, 5) is 27.0. The molecule has 7 nitrogen and oxygen atoms in total. The lowest BCUT2D eigenvalue weighted by atomic mass is 10.3. The smallest absolute Gasteiger partial charge is 0.233 e. The highest BCUT2D eigenvalue weighted by atomic mass is 32.2. The number of amides is 2. The quantitative estimate of drug-likeness (QED) is 0.781. The van der Waals surface area contributed by atoms with Crippen LogP contribution >= 0.6 is 23.1 Å². The average molecular weight is 343 g/mol. The Morgan fingerprint density at radius 3 is 2.55 bits per heavy atom. The van der Waals surface area contributed by atoms with Gasteiger partial charge in [0.15, 0.2) is 4.34 Å². The molecule has 1 aliphatic rings. The zero-order valence-electron chi connectivity index (χ0n) is 12.9. The van der Waals surface area contributed by atoms with Crippen LogP contribution in [0.2, 0.25) is 0 Å². The predicted molar refractivity (Wildman–Crippen MR) is 88.2 cm³/mol. The Labute approximate surface area is 138 Å². The molecule has 0 bridgehead atoms. The molecular weight excluding hydrogens is 322 g/mol. The van der Waals surface area contributed by atoms with Gasteiger partial charge >= 0.3 is 0 Å². The van der Waals surface area contributed by atoms with Crippen LogP contribution in [0.5, 0.6) is 0 Å². The molecule has 122 valence electrons. The van der Waals surface area contributed by atoms with Crippen LogP contribution in [0.4, 0.5) is 5.13 Å². The van der Waals surface area contributed by atoms with E-state index in [0.717, 1.165) is 22.4 Å². The summed E-state index contributed by atoms with van der Waals surface area (Å²) in [5.74, 6) is 0.525. The van der Waals surface area contributed by atoms with Crippen molar-refractivity contribution in [2.24, 2.45) is 0 Å². The fraction of sp³-hybridized carbons (Fsp3) is 0.692. The maximum absolute atomic E-state index is 12.2. The molecule has 0 aliphatic carbocycles. The molecule has 1 saturated heterocycles. The van der Waals surface area contributed by atoms with Gasteiger partial charge in [-0.25, -0.2) is 0 Å². The van der Waals surface area contributed by atoms with E-state index < -0.39 is 0 Å². The van der Waals surface area contributed by atoms with E-state index in [9.17, 15) is 9.59 Å². The molecule has 9 heteroatoms. The molecule has 0 unspecified atom stereocenters. The summed E-state index contributed by atoms with van der Waals surface area (Å²) >= 11 is 2.89. The van der Waals surface area contributed by atoms with E-state index in [1.807, 2.05) is 4.90 Å². The zero-order chi connectivity index (χ0) is 15.9. The highest BCUT2D eigenvalue weighted by Crippen LogP contribution is 2.25. The summed E-state index contributed by atoms with van der Waals surface area (Å²) < 4.78 is 0.800. The van der Waals surface area contributed by atoms with Gasteiger partial charge in [0.1, 0.15) is 0 Å². The Kier molecular flexibility index (Phi) is 6.44. The van der Waals surface area contributed by atoms with Gasteiger partial charge in [-0.3, -0.25) is 9.59 Å². The Hall–Kier alpha value is -1.35. The largest absolute Gasteiger partial charge is 0.360 e. The third kappa shape index (κ3) is 4.84. The lowest BCUT2D eigenvalue weighted by Crippen LogP contribution is -2.50. The molecule has 0 spiro atoms. The summed E-state index contributed by atoms with van der Waals surface area (Å²) in [6.07, 6.45) is 1.03. The molecule has 1 N–H and O–H groups in total. The molecule has 2 amide bonds. The molecule has 0 aromatic carbocycles. The van der Waals surface area contributed by atoms with Gasteiger partial charge in [-0.05, 0) is 6.42 Å². The van der Waals surface area contributed by atoms with Crippen molar-refractivity contribution in [2.75, 3.05) is 43.8 Å². The molecule has 1 fully saturated rings. The normalized spacial score (nSPS) is 15.0. The number of anilines is 1. The van der Waals surface area contributed by atoms with E-state index in [0.29, 0.717) is 31.9 Å². The van der Waals surface area contributed by atoms with E-state index in [2.05, 4.69) is 22.4 Å². The van der Waals surface area contributed by atoms with Crippen LogP contribution in [0.3, 0.4) is 0 Å². The van der Waals surface area contributed by atoms with Crippen molar-refractivity contribution < 1.29 is 9.59 Å². The fourth-order valence-corrected chi connectivity index (χ4v) is 3.74. The molecule has 22 heavy (non-hydrogen) atoms. The molecule has 2 rings (SSSR count). The lowest BCUT2D eigenvalue weighted by Gasteiger charge is -2.34. The molecule has 1 aromatic rings. The first-order valence-corrected chi connectivity index (χ1v) is 9.13. The van der Waals surface area contributed by atoms with Crippen molar-refractivity contribution in [1.29, 1.82) is 0 Å². The average Bonchev–Trinajstić information content (AvgIpc) is 2.98. The number of carbonyl (C=O) groups excluding carboxylic acids is 2. The summed E-state index contributed by atoms with van der Waals surface area (Å²) in [7, 11) is 0. The summed E-state index contributed by atoms with van der Waals surface area (Å²) in [5.41, 5.74) is 0. The number of thioether (sulfide) groups is 1. The van der Waals surface area contributed by atoms with Gasteiger partial charge in [-0.1, -0.05) is 30.0 Å². The van der Waals surface area contributed by atoms with E-state index >= 15 is 0 Å². The van der Waals surface area contributed by atoms with Crippen LogP contribution in [0, 0.1) is 0 Å². The highest BCUT2D eigenvalue weighted by Gasteiger charge is 2.22. The number of rotatable bonds is 6. The number of hydrogen-bond acceptors (Lipinski definition) is 7. The van der Waals surface area contributed by atoms with Crippen molar-refractivity contribution in [1.82, 2.24) is 20.0 Å². The van der Waals surface area contributed by atoms with Gasteiger partial charge in [0.05, 0.1) is 5.75 Å². The predicted octanol–water partition coefficient (Wildman–Crippen LogP) is 1.14. The second kappa shape index (κ2) is 8.33. The monoisotopic (exact) mass is 343 g/mol. The number of hydrogen-bond donors (Lipinski definition) is 1. The van der Waals surface area contributed by atoms with E-state index in [-0.39, 0.29) is 11.8 Å². The van der Waals surface area contributed by atoms with Crippen molar-refractivity contribution in [3.63, 3.8) is 0 Å². The van der Waals surface area contributed by atoms with Gasteiger partial charge in [-0.15, -0.1) is 10.2 Å². The molecule has 0 saturated carbocycles. The number of aromatic nitrogens is 2. The SMILES string of the molecule is CCCNc1nnc(SCC(=O)N2CCN(C(C)=O)CC2)s1. The van der Waals surface area contributed by atoms with Crippen LogP contribution in [-0.4, -0.2) is 70.3 Å². The van der Waals surface area contributed by atoms with Crippen molar-refractivity contribution in [2.45, 2.75) is 24.6 Å². The van der Waals surface area contributed by atoms with Gasteiger partial charge in [0.25, 0.3) is 0 Å². The maximum Gasteiger partial charge on any atom is 0.233 e. The fourth-order valence-electron chi connectivity index (χ4n) is 2.06. The number of nitrogens with one attached hydrogen (secondary N) is 1. The van der Waals surface area contributed by atoms with E-state index in [1.165, 1.54) is 23.1 Å². The van der Waals surface area contributed by atoms with Crippen LogP contribution in [0.15, 0.2) is 4.34 Å². The van der Waals surface area contributed by atoms with Crippen molar-refractivity contribution in [3.8, 4) is 0 Å². The van der Waals surface area contributed by atoms with E-state index in [4.69, 9.17) is 0 Å². The van der Waals surface area contributed by atoms with Gasteiger partial charge in [0.2, 0.25) is 16.9 Å². The van der Waals surface area contributed by atoms with Gasteiger partial charge < -0.3 is 15.1 Å². The van der Waals surface area contributed by atoms with E-state index in [1.54, 1.807) is 11.8 Å². The summed E-state index contributed by atoms with van der Waals surface area (Å²) in [6, 6.07) is 0. The Balaban J connectivity index is 1.74. The summed E-state index contributed by atoms with van der Waals surface area (Å²) in [5, 5.41) is 12.1. The van der Waals surface area contributed by atoms with Crippen LogP contribution in [0.25, 0.3) is 0 Å². The lowest BCUT2D eigenvalue weighted by molar-refractivity contribution is -0.136. The minimum Gasteiger partial charge on any atom is -0.360 e. The van der Waals surface area contributed by atoms with Crippen LogP contribution in [-0.2, 0) is 9.59 Å². The second-order valence-corrected chi connectivity index (χ2v) is 7.18. The Bertz CT molecular complexity index is 514. The molecule has 0 radical (unpaired) electrons. The number of piperazine rings is 1. The maximum atomic E-state index is 12.2. The minimum absolute atomic E-state index is 0.0717. The molecule has 1 aromatic heterocycles. The third-order valence-electron chi connectivity index (χ3n) is 3.33. The topological polar surface area (TPSA) is 78.4 Å². The number of nitrogens with zero attached hydrogens (tertiary/aromatic N) is 4. The highest BCUT2D eigenvalue weighted by molar-refractivity contribution is 8.01. The van der Waals surface area contributed by atoms with Crippen molar-refractivity contribution in [3.05, 3.63) is 0 Å². The molecule has 2 heterocycles. The molecule has 1 aliphatic heterocycles. The van der Waals surface area contributed by atoms with Gasteiger partial charge in [0, 0.05) is 39.6 Å². The first-order chi connectivity index (χ1) is 10.6. The van der Waals surface area contributed by atoms with Crippen LogP contribution in [0.1, 0.15) is 20.3 Å². The number of carbonyl (C=O) groups is 2. The first-order valence-electron chi connectivity index (χ1n) is 7.33. The Morgan fingerprint density at radius 2 is 1.91 bits per heavy atom. The second-order valence-electron chi connectivity index (χ2n) is 4.98. The van der Waals surface area contributed by atoms with Crippen molar-refractivity contribution >= 4 is 40.0 Å². The minimum atomic E-state index is 0.0717. The zero-order valence-corrected chi connectivity index (χ0v) is 14.5. The summed E-state index contributed by atoms with van der Waals surface area (Å²) in [6.45, 7) is 6.99. The first kappa shape index (κ1) is 17.0. The molecular formula is C13H21N5O2S2. The molecule has 0 atom stereocenters. The Morgan fingerprint density at radius 1 is 1.23 bits per heavy atom. The standard InChI is InChI=1S/C13H21N5O2S2/c1-3-4-14-12-15-16-13(22-12)21-9-11(20)18-7-5-17(6-8-18)10(2)19/h3-9H2,1-2H3,(H,14,15). The third-order valence-corrected chi connectivity index (χ3v) is 5.33. The van der Waals surface area contributed by atoms with Gasteiger partial charge in [-0.2, -0.15) is 0 Å².